The number of hydrogen-bond acceptors (Lipinski definition) is 4. The molecule has 0 atom stereocenters. The molecule has 0 aliphatic carbocycles. The highest BCUT2D eigenvalue weighted by atomic mass is 32.2. The maximum Gasteiger partial charge on any atom is 0.233 e. The molecule has 5 nitrogen and oxygen atoms in total. The zero-order valence-corrected chi connectivity index (χ0v) is 18.0. The number of amides is 1. The highest BCUT2D eigenvalue weighted by Crippen LogP contribution is 2.22. The Morgan fingerprint density at radius 2 is 1.97 bits per heavy atom. The third-order valence-electron chi connectivity index (χ3n) is 4.70. The predicted octanol–water partition coefficient (Wildman–Crippen LogP) is 4.84. The van der Waals surface area contributed by atoms with Crippen molar-refractivity contribution in [3.63, 3.8) is 0 Å². The van der Waals surface area contributed by atoms with E-state index >= 15 is 0 Å². The molecule has 30 heavy (non-hydrogen) atoms. The second kappa shape index (κ2) is 10.2. The monoisotopic (exact) mass is 424 g/mol. The van der Waals surface area contributed by atoms with E-state index in [1.54, 1.807) is 35.5 Å². The molecule has 0 spiro atoms. The standard InChI is InChI=1S/C23H25FN4OS/c1-4-13-27(14-19-7-5-6-8-21(19)24)22(29)15-30-23-26-25-16-28(23)20-11-9-18(10-12-20)17(2)3/h4-12,16-17H,1,13-15H2,2-3H3. The Kier molecular flexibility index (Phi) is 7.41. The number of carbonyl (C=O) groups excluding carboxylic acids is 1. The van der Waals surface area contributed by atoms with Crippen LogP contribution in [0.15, 0.2) is 72.7 Å². The van der Waals surface area contributed by atoms with Crippen molar-refractivity contribution in [3.05, 3.63) is 84.5 Å². The van der Waals surface area contributed by atoms with Gasteiger partial charge in [0.1, 0.15) is 12.1 Å². The lowest BCUT2D eigenvalue weighted by molar-refractivity contribution is -0.128. The molecule has 0 aliphatic rings. The van der Waals surface area contributed by atoms with Gasteiger partial charge in [-0.2, -0.15) is 0 Å². The van der Waals surface area contributed by atoms with Crippen molar-refractivity contribution in [1.29, 1.82) is 0 Å². The highest BCUT2D eigenvalue weighted by molar-refractivity contribution is 7.99. The van der Waals surface area contributed by atoms with E-state index in [-0.39, 0.29) is 24.0 Å². The highest BCUT2D eigenvalue weighted by Gasteiger charge is 2.17. The Morgan fingerprint density at radius 1 is 1.23 bits per heavy atom. The molecule has 0 bridgehead atoms. The molecule has 0 unspecified atom stereocenters. The topological polar surface area (TPSA) is 51.0 Å². The van der Waals surface area contributed by atoms with Crippen LogP contribution in [-0.4, -0.2) is 37.9 Å². The van der Waals surface area contributed by atoms with Gasteiger partial charge < -0.3 is 4.90 Å². The van der Waals surface area contributed by atoms with Crippen LogP contribution in [0.3, 0.4) is 0 Å². The second-order valence-electron chi connectivity index (χ2n) is 7.17. The van der Waals surface area contributed by atoms with E-state index in [1.807, 2.05) is 16.7 Å². The van der Waals surface area contributed by atoms with E-state index in [9.17, 15) is 9.18 Å². The SMILES string of the molecule is C=CCN(Cc1ccccc1F)C(=O)CSc1nncn1-c1ccc(C(C)C)cc1. The first-order chi connectivity index (χ1) is 14.5. The van der Waals surface area contributed by atoms with Gasteiger partial charge >= 0.3 is 0 Å². The van der Waals surface area contributed by atoms with Gasteiger partial charge in [0.2, 0.25) is 5.91 Å². The van der Waals surface area contributed by atoms with Crippen LogP contribution in [0.1, 0.15) is 30.9 Å². The molecule has 0 fully saturated rings. The van der Waals surface area contributed by atoms with Gasteiger partial charge in [-0.05, 0) is 29.7 Å². The van der Waals surface area contributed by atoms with Crippen molar-refractivity contribution >= 4 is 17.7 Å². The van der Waals surface area contributed by atoms with Gasteiger partial charge in [-0.1, -0.05) is 62.0 Å². The van der Waals surface area contributed by atoms with E-state index in [0.717, 1.165) is 5.69 Å². The summed E-state index contributed by atoms with van der Waals surface area (Å²) < 4.78 is 15.8. The Bertz CT molecular complexity index is 1000. The molecule has 0 N–H and O–H groups in total. The van der Waals surface area contributed by atoms with E-state index < -0.39 is 0 Å². The molecule has 7 heteroatoms. The largest absolute Gasteiger partial charge is 0.334 e. The smallest absolute Gasteiger partial charge is 0.233 e. The summed E-state index contributed by atoms with van der Waals surface area (Å²) in [6.07, 6.45) is 3.28. The molecule has 1 heterocycles. The fraction of sp³-hybridized carbons (Fsp3) is 0.261. The first-order valence-corrected chi connectivity index (χ1v) is 10.7. The molecule has 3 aromatic rings. The van der Waals surface area contributed by atoms with Crippen LogP contribution < -0.4 is 0 Å². The number of benzene rings is 2. The number of aromatic nitrogens is 3. The Morgan fingerprint density at radius 3 is 2.63 bits per heavy atom. The average molecular weight is 425 g/mol. The number of carbonyl (C=O) groups is 1. The molecule has 0 aliphatic heterocycles. The van der Waals surface area contributed by atoms with Gasteiger partial charge in [-0.15, -0.1) is 16.8 Å². The number of rotatable bonds is 9. The summed E-state index contributed by atoms with van der Waals surface area (Å²) in [5, 5.41) is 8.78. The molecule has 3 rings (SSSR count). The summed E-state index contributed by atoms with van der Waals surface area (Å²) in [6.45, 7) is 8.55. The lowest BCUT2D eigenvalue weighted by atomic mass is 10.0. The van der Waals surface area contributed by atoms with Crippen LogP contribution in [0.4, 0.5) is 4.39 Å². The number of hydrogen-bond donors (Lipinski definition) is 0. The number of thioether (sulfide) groups is 1. The van der Waals surface area contributed by atoms with Crippen molar-refractivity contribution in [1.82, 2.24) is 19.7 Å². The van der Waals surface area contributed by atoms with Crippen LogP contribution >= 0.6 is 11.8 Å². The Labute approximate surface area is 180 Å². The van der Waals surface area contributed by atoms with E-state index in [0.29, 0.717) is 23.2 Å². The van der Waals surface area contributed by atoms with Crippen LogP contribution in [0.2, 0.25) is 0 Å². The van der Waals surface area contributed by atoms with Gasteiger partial charge in [0, 0.05) is 24.3 Å². The Hall–Kier alpha value is -2.93. The molecule has 0 radical (unpaired) electrons. The van der Waals surface area contributed by atoms with Gasteiger partial charge in [-0.3, -0.25) is 9.36 Å². The summed E-state index contributed by atoms with van der Waals surface area (Å²) in [6, 6.07) is 14.7. The zero-order chi connectivity index (χ0) is 21.5. The molecule has 1 amide bonds. The van der Waals surface area contributed by atoms with E-state index in [1.165, 1.54) is 23.4 Å². The van der Waals surface area contributed by atoms with Crippen molar-refractivity contribution in [3.8, 4) is 5.69 Å². The first-order valence-electron chi connectivity index (χ1n) is 9.74. The maximum atomic E-state index is 14.0. The van der Waals surface area contributed by atoms with Gasteiger partial charge in [0.05, 0.1) is 5.75 Å². The summed E-state index contributed by atoms with van der Waals surface area (Å²) in [5.41, 5.74) is 2.67. The minimum absolute atomic E-state index is 0.118. The minimum atomic E-state index is -0.323. The molecule has 1 aromatic heterocycles. The summed E-state index contributed by atoms with van der Waals surface area (Å²) in [5.74, 6) is 0.187. The summed E-state index contributed by atoms with van der Waals surface area (Å²) in [7, 11) is 0. The Balaban J connectivity index is 1.68. The lowest BCUT2D eigenvalue weighted by Crippen LogP contribution is -2.32. The van der Waals surface area contributed by atoms with Crippen molar-refractivity contribution in [2.75, 3.05) is 12.3 Å². The molecule has 0 saturated heterocycles. The van der Waals surface area contributed by atoms with Crippen molar-refractivity contribution in [2.45, 2.75) is 31.5 Å². The third kappa shape index (κ3) is 5.36. The fourth-order valence-corrected chi connectivity index (χ4v) is 3.81. The maximum absolute atomic E-state index is 14.0. The number of nitrogens with zero attached hydrogens (tertiary/aromatic N) is 4. The molecule has 0 saturated carbocycles. The minimum Gasteiger partial charge on any atom is -0.334 e. The van der Waals surface area contributed by atoms with E-state index in [2.05, 4.69) is 42.8 Å². The predicted molar refractivity (Wildman–Crippen MR) is 118 cm³/mol. The lowest BCUT2D eigenvalue weighted by Gasteiger charge is -2.21. The molecular formula is C23H25FN4OS. The van der Waals surface area contributed by atoms with Gasteiger partial charge in [-0.25, -0.2) is 4.39 Å². The van der Waals surface area contributed by atoms with E-state index in [4.69, 9.17) is 0 Å². The molecule has 2 aromatic carbocycles. The first kappa shape index (κ1) is 21.8. The normalized spacial score (nSPS) is 10.9. The molecule has 156 valence electrons. The number of halogens is 1. The quantitative estimate of drug-likeness (QED) is 0.364. The van der Waals surface area contributed by atoms with Crippen molar-refractivity contribution in [2.24, 2.45) is 0 Å². The van der Waals surface area contributed by atoms with Crippen molar-refractivity contribution < 1.29 is 9.18 Å². The van der Waals surface area contributed by atoms with Crippen LogP contribution in [0.25, 0.3) is 5.69 Å². The van der Waals surface area contributed by atoms with Gasteiger partial charge in [0.15, 0.2) is 5.16 Å². The van der Waals surface area contributed by atoms with Gasteiger partial charge in [0.25, 0.3) is 0 Å². The summed E-state index contributed by atoms with van der Waals surface area (Å²) in [4.78, 5) is 14.4. The average Bonchev–Trinajstić information content (AvgIpc) is 3.22. The third-order valence-corrected chi connectivity index (χ3v) is 5.63. The van der Waals surface area contributed by atoms with Crippen LogP contribution in [0.5, 0.6) is 0 Å². The zero-order valence-electron chi connectivity index (χ0n) is 17.2. The van der Waals surface area contributed by atoms with Crippen LogP contribution in [0, 0.1) is 5.82 Å². The van der Waals surface area contributed by atoms with Crippen LogP contribution in [-0.2, 0) is 11.3 Å². The fourth-order valence-electron chi connectivity index (χ4n) is 2.98. The second-order valence-corrected chi connectivity index (χ2v) is 8.12. The molecular weight excluding hydrogens is 399 g/mol. The summed E-state index contributed by atoms with van der Waals surface area (Å²) >= 11 is 1.31.